The molecule has 0 atom stereocenters. The van der Waals surface area contributed by atoms with Gasteiger partial charge in [0.2, 0.25) is 0 Å². The third-order valence-corrected chi connectivity index (χ3v) is 3.24. The number of esters is 1. The fraction of sp³-hybridized carbons (Fsp3) is 0.875. The second-order valence-corrected chi connectivity index (χ2v) is 5.05. The Hall–Kier alpha value is -1.26. The molecule has 0 heterocycles. The third kappa shape index (κ3) is 11.1. The lowest BCUT2D eigenvalue weighted by Gasteiger charge is -2.18. The smallest absolute Gasteiger partial charge is 0.410 e. The van der Waals surface area contributed by atoms with Crippen LogP contribution in [0.1, 0.15) is 65.7 Å². The number of hydrogen-bond acceptors (Lipinski definition) is 4. The molecule has 1 amide bonds. The van der Waals surface area contributed by atoms with Crippen LogP contribution in [-0.2, 0) is 14.3 Å². The van der Waals surface area contributed by atoms with Gasteiger partial charge in [0.1, 0.15) is 6.54 Å². The molecular formula is C16H31NO4. The Kier molecular flexibility index (Phi) is 12.9. The molecule has 0 unspecified atom stereocenters. The third-order valence-electron chi connectivity index (χ3n) is 3.24. The van der Waals surface area contributed by atoms with Crippen LogP contribution in [0.5, 0.6) is 0 Å². The highest BCUT2D eigenvalue weighted by Crippen LogP contribution is 2.07. The molecule has 5 heteroatoms. The van der Waals surface area contributed by atoms with Crippen LogP contribution in [-0.4, -0.2) is 43.3 Å². The lowest BCUT2D eigenvalue weighted by atomic mass is 10.1. The highest BCUT2D eigenvalue weighted by molar-refractivity contribution is 5.78. The number of hydrogen-bond donors (Lipinski definition) is 0. The first-order chi connectivity index (χ1) is 10.2. The first kappa shape index (κ1) is 19.7. The van der Waals surface area contributed by atoms with Crippen molar-refractivity contribution in [2.45, 2.75) is 65.7 Å². The van der Waals surface area contributed by atoms with Crippen molar-refractivity contribution in [2.75, 3.05) is 26.3 Å². The molecule has 0 saturated heterocycles. The second kappa shape index (κ2) is 13.7. The van der Waals surface area contributed by atoms with E-state index < -0.39 is 6.09 Å². The van der Waals surface area contributed by atoms with Gasteiger partial charge in [-0.1, -0.05) is 45.4 Å². The van der Waals surface area contributed by atoms with E-state index in [1.54, 1.807) is 13.8 Å². The van der Waals surface area contributed by atoms with Gasteiger partial charge >= 0.3 is 12.1 Å². The van der Waals surface area contributed by atoms with Crippen LogP contribution < -0.4 is 0 Å². The summed E-state index contributed by atoms with van der Waals surface area (Å²) in [7, 11) is 0. The number of carbonyl (C=O) groups is 2. The molecule has 0 N–H and O–H groups in total. The fourth-order valence-electron chi connectivity index (χ4n) is 1.97. The van der Waals surface area contributed by atoms with Crippen molar-refractivity contribution in [3.63, 3.8) is 0 Å². The van der Waals surface area contributed by atoms with Crippen LogP contribution in [0.15, 0.2) is 0 Å². The van der Waals surface area contributed by atoms with Crippen LogP contribution in [0.2, 0.25) is 0 Å². The van der Waals surface area contributed by atoms with Gasteiger partial charge in [0.05, 0.1) is 13.2 Å². The topological polar surface area (TPSA) is 55.8 Å². The summed E-state index contributed by atoms with van der Waals surface area (Å²) in [4.78, 5) is 24.5. The van der Waals surface area contributed by atoms with Crippen LogP contribution in [0.4, 0.5) is 4.79 Å². The molecule has 0 fully saturated rings. The van der Waals surface area contributed by atoms with Gasteiger partial charge in [-0.05, 0) is 20.3 Å². The van der Waals surface area contributed by atoms with Gasteiger partial charge in [0.15, 0.2) is 0 Å². The van der Waals surface area contributed by atoms with E-state index in [0.29, 0.717) is 19.8 Å². The lowest BCUT2D eigenvalue weighted by Crippen LogP contribution is -2.36. The zero-order chi connectivity index (χ0) is 15.9. The van der Waals surface area contributed by atoms with Gasteiger partial charge in [0.25, 0.3) is 0 Å². The Morgan fingerprint density at radius 2 is 1.48 bits per heavy atom. The van der Waals surface area contributed by atoms with Crippen molar-refractivity contribution in [3.8, 4) is 0 Å². The van der Waals surface area contributed by atoms with Gasteiger partial charge in [-0.25, -0.2) is 4.79 Å². The Labute approximate surface area is 129 Å². The molecule has 0 saturated carbocycles. The minimum Gasteiger partial charge on any atom is -0.464 e. The number of ether oxygens (including phenoxy) is 2. The molecule has 124 valence electrons. The predicted molar refractivity (Wildman–Crippen MR) is 83.2 cm³/mol. The van der Waals surface area contributed by atoms with Crippen molar-refractivity contribution < 1.29 is 19.1 Å². The second-order valence-electron chi connectivity index (χ2n) is 5.05. The predicted octanol–water partition coefficient (Wildman–Crippen LogP) is 3.76. The molecule has 0 radical (unpaired) electrons. The van der Waals surface area contributed by atoms with Gasteiger partial charge < -0.3 is 9.47 Å². The Morgan fingerprint density at radius 3 is 2.05 bits per heavy atom. The van der Waals surface area contributed by atoms with E-state index in [2.05, 4.69) is 6.92 Å². The van der Waals surface area contributed by atoms with Crippen molar-refractivity contribution in [1.29, 1.82) is 0 Å². The number of amides is 1. The number of unbranched alkanes of at least 4 members (excludes halogenated alkanes) is 6. The van der Waals surface area contributed by atoms with Crippen molar-refractivity contribution in [3.05, 3.63) is 0 Å². The molecule has 0 aromatic rings. The van der Waals surface area contributed by atoms with E-state index in [4.69, 9.17) is 9.47 Å². The van der Waals surface area contributed by atoms with Crippen molar-refractivity contribution in [1.82, 2.24) is 4.90 Å². The SMILES string of the molecule is CCCCCCCCCOC(=O)CN(CC)C(=O)OCC. The molecule has 0 aliphatic carbocycles. The molecule has 0 bridgehead atoms. The first-order valence-electron chi connectivity index (χ1n) is 8.22. The molecule has 0 aliphatic heterocycles. The highest BCUT2D eigenvalue weighted by Gasteiger charge is 2.16. The van der Waals surface area contributed by atoms with Crippen LogP contribution in [0.25, 0.3) is 0 Å². The van der Waals surface area contributed by atoms with Gasteiger partial charge in [0, 0.05) is 6.54 Å². The van der Waals surface area contributed by atoms with Gasteiger partial charge in [-0.15, -0.1) is 0 Å². The Balaban J connectivity index is 3.62. The maximum Gasteiger partial charge on any atom is 0.410 e. The Bertz CT molecular complexity index is 281. The van der Waals surface area contributed by atoms with E-state index in [1.165, 1.54) is 37.0 Å². The molecule has 0 aliphatic rings. The lowest BCUT2D eigenvalue weighted by molar-refractivity contribution is -0.144. The number of nitrogens with zero attached hydrogens (tertiary/aromatic N) is 1. The highest BCUT2D eigenvalue weighted by atomic mass is 16.6. The maximum atomic E-state index is 11.6. The summed E-state index contributed by atoms with van der Waals surface area (Å²) in [5.74, 6) is -0.365. The maximum absolute atomic E-state index is 11.6. The largest absolute Gasteiger partial charge is 0.464 e. The zero-order valence-corrected chi connectivity index (χ0v) is 13.9. The average Bonchev–Trinajstić information content (AvgIpc) is 2.47. The number of likely N-dealkylation sites (N-methyl/N-ethyl adjacent to an activating group) is 1. The molecule has 5 nitrogen and oxygen atoms in total. The molecule has 0 aromatic heterocycles. The molecule has 0 rings (SSSR count). The summed E-state index contributed by atoms with van der Waals surface area (Å²) in [5.41, 5.74) is 0. The first-order valence-corrected chi connectivity index (χ1v) is 8.22. The van der Waals surface area contributed by atoms with Gasteiger partial charge in [-0.3, -0.25) is 9.69 Å². The minimum absolute atomic E-state index is 0.0359. The quantitative estimate of drug-likeness (QED) is 0.407. The zero-order valence-electron chi connectivity index (χ0n) is 13.9. The normalized spacial score (nSPS) is 10.2. The summed E-state index contributed by atoms with van der Waals surface area (Å²) in [5, 5.41) is 0. The average molecular weight is 301 g/mol. The van der Waals surface area contributed by atoms with Gasteiger partial charge in [-0.2, -0.15) is 0 Å². The molecule has 0 aromatic carbocycles. The summed E-state index contributed by atoms with van der Waals surface area (Å²) < 4.78 is 10.0. The van der Waals surface area contributed by atoms with Crippen molar-refractivity contribution >= 4 is 12.1 Å². The molecule has 0 spiro atoms. The summed E-state index contributed by atoms with van der Waals surface area (Å²) in [6.45, 7) is 6.90. The Morgan fingerprint density at radius 1 is 0.857 bits per heavy atom. The van der Waals surface area contributed by atoms with E-state index >= 15 is 0 Å². The standard InChI is InChI=1S/C16H31NO4/c1-4-7-8-9-10-11-12-13-21-15(18)14-17(5-2)16(19)20-6-3/h4-14H2,1-3H3. The summed E-state index contributed by atoms with van der Waals surface area (Å²) >= 11 is 0. The van der Waals surface area contributed by atoms with Crippen LogP contribution >= 0.6 is 0 Å². The monoisotopic (exact) mass is 301 g/mol. The summed E-state index contributed by atoms with van der Waals surface area (Å²) in [6, 6.07) is 0. The fourth-order valence-corrected chi connectivity index (χ4v) is 1.97. The van der Waals surface area contributed by atoms with E-state index in [-0.39, 0.29) is 12.5 Å². The summed E-state index contributed by atoms with van der Waals surface area (Å²) in [6.07, 6.45) is 7.82. The minimum atomic E-state index is -0.465. The van der Waals surface area contributed by atoms with Crippen LogP contribution in [0.3, 0.4) is 0 Å². The number of rotatable bonds is 12. The molecular weight excluding hydrogens is 270 g/mol. The molecule has 21 heavy (non-hydrogen) atoms. The van der Waals surface area contributed by atoms with E-state index in [1.807, 2.05) is 0 Å². The number of carbonyl (C=O) groups excluding carboxylic acids is 2. The van der Waals surface area contributed by atoms with Crippen LogP contribution in [0, 0.1) is 0 Å². The van der Waals surface area contributed by atoms with E-state index in [0.717, 1.165) is 12.8 Å². The van der Waals surface area contributed by atoms with E-state index in [9.17, 15) is 9.59 Å². The van der Waals surface area contributed by atoms with Crippen molar-refractivity contribution in [2.24, 2.45) is 0 Å².